The molecule has 2 heterocycles. The summed E-state index contributed by atoms with van der Waals surface area (Å²) in [6.07, 6.45) is -1.07. The topological polar surface area (TPSA) is 140 Å². The van der Waals surface area contributed by atoms with Crippen molar-refractivity contribution in [3.8, 4) is 0 Å². The Balaban J connectivity index is 2.14. The molecule has 0 amide bonds. The van der Waals surface area contributed by atoms with Gasteiger partial charge in [0.15, 0.2) is 0 Å². The van der Waals surface area contributed by atoms with Gasteiger partial charge in [-0.05, 0) is 6.42 Å². The van der Waals surface area contributed by atoms with Gasteiger partial charge >= 0.3 is 29.8 Å². The standard InChI is InChI=1S/C14H18N2O9/c1-2-8(15-4-11(19)23-12(20)5-15)9(3-10(17)18)25-16-6-13(21)24-14(22)7-16/h8-9H,2-7H2,1H3,(H,17,18). The molecule has 0 aliphatic carbocycles. The van der Waals surface area contributed by atoms with Crippen LogP contribution >= 0.6 is 0 Å². The third kappa shape index (κ3) is 5.31. The van der Waals surface area contributed by atoms with Crippen LogP contribution in [-0.2, 0) is 38.3 Å². The van der Waals surface area contributed by atoms with Crippen LogP contribution in [0.25, 0.3) is 0 Å². The van der Waals surface area contributed by atoms with Crippen molar-refractivity contribution < 1.29 is 43.4 Å². The Morgan fingerprint density at radius 2 is 1.52 bits per heavy atom. The molecule has 0 saturated carbocycles. The summed E-state index contributed by atoms with van der Waals surface area (Å²) in [5, 5.41) is 10.2. The molecule has 25 heavy (non-hydrogen) atoms. The van der Waals surface area contributed by atoms with E-state index < -0.39 is 48.4 Å². The van der Waals surface area contributed by atoms with Crippen LogP contribution in [0.15, 0.2) is 0 Å². The molecule has 0 aromatic rings. The fourth-order valence-corrected chi connectivity index (χ4v) is 2.79. The van der Waals surface area contributed by atoms with E-state index in [1.54, 1.807) is 6.92 Å². The molecule has 11 nitrogen and oxygen atoms in total. The molecule has 2 fully saturated rings. The van der Waals surface area contributed by atoms with Crippen LogP contribution in [0.4, 0.5) is 0 Å². The van der Waals surface area contributed by atoms with E-state index in [-0.39, 0.29) is 26.2 Å². The fourth-order valence-electron chi connectivity index (χ4n) is 2.79. The fraction of sp³-hybridized carbons (Fsp3) is 0.643. The van der Waals surface area contributed by atoms with Crippen LogP contribution < -0.4 is 0 Å². The first kappa shape index (κ1) is 19.0. The molecule has 0 aromatic carbocycles. The van der Waals surface area contributed by atoms with Gasteiger partial charge in [-0.1, -0.05) is 6.92 Å². The molecule has 2 saturated heterocycles. The molecule has 0 spiro atoms. The normalized spacial score (nSPS) is 22.3. The Morgan fingerprint density at radius 1 is 1.04 bits per heavy atom. The molecule has 2 aliphatic rings. The minimum absolute atomic E-state index is 0.190. The van der Waals surface area contributed by atoms with Crippen LogP contribution in [0.5, 0.6) is 0 Å². The average Bonchev–Trinajstić information content (AvgIpc) is 2.45. The van der Waals surface area contributed by atoms with Gasteiger partial charge in [0.05, 0.1) is 19.5 Å². The summed E-state index contributed by atoms with van der Waals surface area (Å²) in [7, 11) is 0. The Hall–Kier alpha value is -2.37. The molecule has 2 unspecified atom stereocenters. The zero-order valence-corrected chi connectivity index (χ0v) is 13.5. The van der Waals surface area contributed by atoms with Crippen LogP contribution in [-0.4, -0.2) is 83.2 Å². The second-order valence-electron chi connectivity index (χ2n) is 5.61. The molecule has 2 atom stereocenters. The van der Waals surface area contributed by atoms with Crippen molar-refractivity contribution in [3.05, 3.63) is 0 Å². The zero-order valence-electron chi connectivity index (χ0n) is 13.5. The van der Waals surface area contributed by atoms with Gasteiger partial charge in [0, 0.05) is 6.04 Å². The molecule has 0 aromatic heterocycles. The van der Waals surface area contributed by atoms with Gasteiger partial charge < -0.3 is 14.6 Å². The number of cyclic esters (lactones) is 4. The molecule has 2 rings (SSSR count). The van der Waals surface area contributed by atoms with E-state index in [1.165, 1.54) is 4.90 Å². The first-order chi connectivity index (χ1) is 11.8. The highest BCUT2D eigenvalue weighted by Gasteiger charge is 2.37. The number of carboxylic acids is 1. The number of hydrogen-bond donors (Lipinski definition) is 1. The Bertz CT molecular complexity index is 559. The van der Waals surface area contributed by atoms with Crippen LogP contribution in [0, 0.1) is 0 Å². The van der Waals surface area contributed by atoms with Gasteiger partial charge in [0.25, 0.3) is 0 Å². The maximum absolute atomic E-state index is 11.5. The summed E-state index contributed by atoms with van der Waals surface area (Å²) in [6, 6.07) is -0.610. The van der Waals surface area contributed by atoms with E-state index >= 15 is 0 Å². The lowest BCUT2D eigenvalue weighted by Gasteiger charge is -2.38. The highest BCUT2D eigenvalue weighted by atomic mass is 16.7. The first-order valence-corrected chi connectivity index (χ1v) is 7.63. The summed E-state index contributed by atoms with van der Waals surface area (Å²) in [4.78, 5) is 63.8. The largest absolute Gasteiger partial charge is 0.481 e. The number of aliphatic carboxylic acids is 1. The SMILES string of the molecule is CCC(C(CC(=O)O)ON1CC(=O)OC(=O)C1)N1CC(=O)OC(=O)C1. The number of rotatable bonds is 7. The third-order valence-corrected chi connectivity index (χ3v) is 3.71. The zero-order chi connectivity index (χ0) is 18.6. The molecule has 2 aliphatic heterocycles. The number of hydroxylamine groups is 2. The molecule has 1 N–H and O–H groups in total. The third-order valence-electron chi connectivity index (χ3n) is 3.71. The van der Waals surface area contributed by atoms with Crippen molar-refractivity contribution in [2.75, 3.05) is 26.2 Å². The number of ether oxygens (including phenoxy) is 2. The molecular formula is C14H18N2O9. The Kier molecular flexibility index (Phi) is 6.17. The lowest BCUT2D eigenvalue weighted by atomic mass is 10.0. The van der Waals surface area contributed by atoms with Gasteiger partial charge in [0.2, 0.25) is 0 Å². The number of esters is 4. The predicted molar refractivity (Wildman–Crippen MR) is 76.5 cm³/mol. The van der Waals surface area contributed by atoms with Gasteiger partial charge in [-0.15, -0.1) is 0 Å². The smallest absolute Gasteiger partial charge is 0.330 e. The second-order valence-corrected chi connectivity index (χ2v) is 5.61. The first-order valence-electron chi connectivity index (χ1n) is 7.63. The predicted octanol–water partition coefficient (Wildman–Crippen LogP) is -1.69. The lowest BCUT2D eigenvalue weighted by Crippen LogP contribution is -2.55. The van der Waals surface area contributed by atoms with Crippen molar-refractivity contribution in [2.45, 2.75) is 31.9 Å². The highest BCUT2D eigenvalue weighted by Crippen LogP contribution is 2.20. The molecule has 138 valence electrons. The lowest BCUT2D eigenvalue weighted by molar-refractivity contribution is -0.235. The van der Waals surface area contributed by atoms with Gasteiger partial charge in [-0.25, -0.2) is 0 Å². The summed E-state index contributed by atoms with van der Waals surface area (Å²) < 4.78 is 8.84. The molecule has 11 heteroatoms. The van der Waals surface area contributed by atoms with Crippen LogP contribution in [0.1, 0.15) is 19.8 Å². The van der Waals surface area contributed by atoms with E-state index in [2.05, 4.69) is 9.47 Å². The van der Waals surface area contributed by atoms with Crippen molar-refractivity contribution in [3.63, 3.8) is 0 Å². The Morgan fingerprint density at radius 3 is 1.96 bits per heavy atom. The summed E-state index contributed by atoms with van der Waals surface area (Å²) in [5.74, 6) is -4.26. The van der Waals surface area contributed by atoms with Crippen LogP contribution in [0.2, 0.25) is 0 Å². The highest BCUT2D eigenvalue weighted by molar-refractivity contribution is 5.90. The van der Waals surface area contributed by atoms with Gasteiger partial charge in [-0.2, -0.15) is 5.06 Å². The van der Waals surface area contributed by atoms with Crippen molar-refractivity contribution >= 4 is 29.8 Å². The van der Waals surface area contributed by atoms with Gasteiger partial charge in [-0.3, -0.25) is 33.7 Å². The minimum Gasteiger partial charge on any atom is -0.481 e. The summed E-state index contributed by atoms with van der Waals surface area (Å²) in [6.45, 7) is 0.691. The number of carbonyl (C=O) groups is 5. The summed E-state index contributed by atoms with van der Waals surface area (Å²) >= 11 is 0. The monoisotopic (exact) mass is 358 g/mol. The average molecular weight is 358 g/mol. The minimum atomic E-state index is -1.17. The van der Waals surface area contributed by atoms with E-state index in [0.29, 0.717) is 6.42 Å². The van der Waals surface area contributed by atoms with E-state index in [1.807, 2.05) is 0 Å². The Labute approximate surface area is 142 Å². The maximum atomic E-state index is 11.5. The van der Waals surface area contributed by atoms with E-state index in [4.69, 9.17) is 9.94 Å². The maximum Gasteiger partial charge on any atom is 0.330 e. The van der Waals surface area contributed by atoms with E-state index in [0.717, 1.165) is 5.06 Å². The molecular weight excluding hydrogens is 340 g/mol. The number of nitrogens with zero attached hydrogens (tertiary/aromatic N) is 2. The number of morpholine rings is 2. The summed E-state index contributed by atoms with van der Waals surface area (Å²) in [5.41, 5.74) is 0. The number of carbonyl (C=O) groups excluding carboxylic acids is 4. The number of hydrogen-bond acceptors (Lipinski definition) is 10. The quantitative estimate of drug-likeness (QED) is 0.412. The van der Waals surface area contributed by atoms with Gasteiger partial charge in [0.1, 0.15) is 19.2 Å². The van der Waals surface area contributed by atoms with Crippen molar-refractivity contribution in [1.82, 2.24) is 9.96 Å². The molecule has 0 radical (unpaired) electrons. The number of carboxylic acid groups (broad SMARTS) is 1. The van der Waals surface area contributed by atoms with Crippen molar-refractivity contribution in [2.24, 2.45) is 0 Å². The second kappa shape index (κ2) is 8.14. The molecule has 0 bridgehead atoms. The van der Waals surface area contributed by atoms with Crippen molar-refractivity contribution in [1.29, 1.82) is 0 Å². The van der Waals surface area contributed by atoms with E-state index in [9.17, 15) is 24.0 Å². The van der Waals surface area contributed by atoms with Crippen LogP contribution in [0.3, 0.4) is 0 Å².